The molecular formula is C19H26N4O2. The van der Waals surface area contributed by atoms with Gasteiger partial charge in [0, 0.05) is 37.2 Å². The SMILES string of the molecule is C[C@H]1C[C@@H](c2nc(-c3cccc(CN4CCOCC4)c3)no2)CCN1. The van der Waals surface area contributed by atoms with Crippen molar-refractivity contribution in [2.75, 3.05) is 32.8 Å². The number of morpholine rings is 1. The first-order chi connectivity index (χ1) is 12.3. The van der Waals surface area contributed by atoms with Gasteiger partial charge in [0.05, 0.1) is 13.2 Å². The van der Waals surface area contributed by atoms with E-state index in [1.54, 1.807) is 0 Å². The summed E-state index contributed by atoms with van der Waals surface area (Å²) < 4.78 is 11.0. The first-order valence-corrected chi connectivity index (χ1v) is 9.24. The average molecular weight is 342 g/mol. The highest BCUT2D eigenvalue weighted by Crippen LogP contribution is 2.28. The summed E-state index contributed by atoms with van der Waals surface area (Å²) >= 11 is 0. The maximum atomic E-state index is 5.58. The lowest BCUT2D eigenvalue weighted by molar-refractivity contribution is 0.0342. The molecular weight excluding hydrogens is 316 g/mol. The van der Waals surface area contributed by atoms with Gasteiger partial charge in [0.1, 0.15) is 0 Å². The molecule has 0 bridgehead atoms. The highest BCUT2D eigenvalue weighted by atomic mass is 16.5. The number of hydrogen-bond donors (Lipinski definition) is 1. The molecule has 2 atom stereocenters. The van der Waals surface area contributed by atoms with Crippen LogP contribution in [0.2, 0.25) is 0 Å². The van der Waals surface area contributed by atoms with Crippen LogP contribution in [0.4, 0.5) is 0 Å². The van der Waals surface area contributed by atoms with Gasteiger partial charge in [-0.15, -0.1) is 0 Å². The van der Waals surface area contributed by atoms with Crippen LogP contribution in [0.5, 0.6) is 0 Å². The van der Waals surface area contributed by atoms with Crippen LogP contribution < -0.4 is 5.32 Å². The van der Waals surface area contributed by atoms with Crippen LogP contribution >= 0.6 is 0 Å². The van der Waals surface area contributed by atoms with Crippen molar-refractivity contribution in [3.63, 3.8) is 0 Å². The van der Waals surface area contributed by atoms with Crippen LogP contribution in [0.25, 0.3) is 11.4 Å². The summed E-state index contributed by atoms with van der Waals surface area (Å²) in [5.74, 6) is 1.85. The Hall–Kier alpha value is -1.76. The zero-order chi connectivity index (χ0) is 17.1. The van der Waals surface area contributed by atoms with Crippen LogP contribution in [0.15, 0.2) is 28.8 Å². The van der Waals surface area contributed by atoms with E-state index in [4.69, 9.17) is 9.26 Å². The van der Waals surface area contributed by atoms with Crippen molar-refractivity contribution in [3.8, 4) is 11.4 Å². The lowest BCUT2D eigenvalue weighted by Crippen LogP contribution is -2.35. The number of benzene rings is 1. The topological polar surface area (TPSA) is 63.4 Å². The van der Waals surface area contributed by atoms with Gasteiger partial charge in [0.25, 0.3) is 0 Å². The molecule has 0 amide bonds. The first kappa shape index (κ1) is 16.7. The molecule has 1 aromatic heterocycles. The number of rotatable bonds is 4. The highest BCUT2D eigenvalue weighted by molar-refractivity contribution is 5.55. The van der Waals surface area contributed by atoms with Crippen molar-refractivity contribution in [3.05, 3.63) is 35.7 Å². The van der Waals surface area contributed by atoms with Gasteiger partial charge in [-0.25, -0.2) is 0 Å². The van der Waals surface area contributed by atoms with E-state index in [0.717, 1.165) is 63.7 Å². The zero-order valence-electron chi connectivity index (χ0n) is 14.8. The van der Waals surface area contributed by atoms with Crippen LogP contribution in [-0.2, 0) is 11.3 Å². The molecule has 0 spiro atoms. The third kappa shape index (κ3) is 4.08. The summed E-state index contributed by atoms with van der Waals surface area (Å²) in [7, 11) is 0. The van der Waals surface area contributed by atoms with Gasteiger partial charge in [-0.05, 0) is 37.9 Å². The number of hydrogen-bond acceptors (Lipinski definition) is 6. The van der Waals surface area contributed by atoms with E-state index in [2.05, 4.69) is 51.5 Å². The molecule has 2 aromatic rings. The molecule has 2 fully saturated rings. The summed E-state index contributed by atoms with van der Waals surface area (Å²) in [6, 6.07) is 8.98. The molecule has 0 unspecified atom stereocenters. The monoisotopic (exact) mass is 342 g/mol. The molecule has 6 nitrogen and oxygen atoms in total. The van der Waals surface area contributed by atoms with Crippen LogP contribution in [0.3, 0.4) is 0 Å². The summed E-state index contributed by atoms with van der Waals surface area (Å²) in [6.07, 6.45) is 2.11. The Kier molecular flexibility index (Phi) is 5.10. The summed E-state index contributed by atoms with van der Waals surface area (Å²) in [5.41, 5.74) is 2.31. The predicted molar refractivity (Wildman–Crippen MR) is 95.3 cm³/mol. The molecule has 25 heavy (non-hydrogen) atoms. The average Bonchev–Trinajstić information content (AvgIpc) is 3.13. The number of ether oxygens (including phenoxy) is 1. The van der Waals surface area contributed by atoms with Gasteiger partial charge in [0.15, 0.2) is 0 Å². The number of nitrogens with one attached hydrogen (secondary N) is 1. The van der Waals surface area contributed by atoms with E-state index >= 15 is 0 Å². The second-order valence-electron chi connectivity index (χ2n) is 7.12. The van der Waals surface area contributed by atoms with Crippen LogP contribution in [0.1, 0.15) is 37.1 Å². The molecule has 1 aromatic carbocycles. The Balaban J connectivity index is 1.47. The van der Waals surface area contributed by atoms with E-state index in [0.29, 0.717) is 17.8 Å². The standard InChI is InChI=1S/C19H26N4O2/c1-14-11-17(5-6-20-14)19-21-18(22-25-19)16-4-2-3-15(12-16)13-23-7-9-24-10-8-23/h2-4,12,14,17,20H,5-11,13H2,1H3/t14-,17-/m0/s1. The fourth-order valence-corrected chi connectivity index (χ4v) is 3.70. The van der Waals surface area contributed by atoms with Gasteiger partial charge < -0.3 is 14.6 Å². The third-order valence-electron chi connectivity index (χ3n) is 5.11. The van der Waals surface area contributed by atoms with E-state index in [-0.39, 0.29) is 0 Å². The number of nitrogens with zero attached hydrogens (tertiary/aromatic N) is 3. The maximum absolute atomic E-state index is 5.58. The van der Waals surface area contributed by atoms with Crippen molar-refractivity contribution >= 4 is 0 Å². The molecule has 1 N–H and O–H groups in total. The Morgan fingerprint density at radius 1 is 1.28 bits per heavy atom. The van der Waals surface area contributed by atoms with Gasteiger partial charge in [-0.1, -0.05) is 23.4 Å². The molecule has 2 saturated heterocycles. The zero-order valence-corrected chi connectivity index (χ0v) is 14.8. The summed E-state index contributed by atoms with van der Waals surface area (Å²) in [6.45, 7) is 7.78. The fourth-order valence-electron chi connectivity index (χ4n) is 3.70. The minimum Gasteiger partial charge on any atom is -0.379 e. The van der Waals surface area contributed by atoms with Crippen molar-refractivity contribution in [1.29, 1.82) is 0 Å². The van der Waals surface area contributed by atoms with Gasteiger partial charge in [-0.2, -0.15) is 4.98 Å². The normalized spacial score (nSPS) is 25.2. The van der Waals surface area contributed by atoms with E-state index in [1.807, 2.05) is 0 Å². The Labute approximate surface area is 148 Å². The van der Waals surface area contributed by atoms with Crippen LogP contribution in [-0.4, -0.2) is 53.9 Å². The molecule has 134 valence electrons. The largest absolute Gasteiger partial charge is 0.379 e. The summed E-state index contributed by atoms with van der Waals surface area (Å²) in [5, 5.41) is 7.70. The Morgan fingerprint density at radius 2 is 2.16 bits per heavy atom. The highest BCUT2D eigenvalue weighted by Gasteiger charge is 2.25. The molecule has 4 rings (SSSR count). The second-order valence-corrected chi connectivity index (χ2v) is 7.12. The lowest BCUT2D eigenvalue weighted by atomic mass is 9.93. The number of aromatic nitrogens is 2. The van der Waals surface area contributed by atoms with Crippen molar-refractivity contribution in [2.24, 2.45) is 0 Å². The smallest absolute Gasteiger partial charge is 0.230 e. The predicted octanol–water partition coefficient (Wildman–Crippen LogP) is 2.42. The van der Waals surface area contributed by atoms with Gasteiger partial charge in [-0.3, -0.25) is 4.90 Å². The first-order valence-electron chi connectivity index (χ1n) is 9.24. The van der Waals surface area contributed by atoms with E-state index in [9.17, 15) is 0 Å². The molecule has 6 heteroatoms. The quantitative estimate of drug-likeness (QED) is 0.921. The molecule has 2 aliphatic heterocycles. The third-order valence-corrected chi connectivity index (χ3v) is 5.11. The Morgan fingerprint density at radius 3 is 3.00 bits per heavy atom. The van der Waals surface area contributed by atoms with E-state index < -0.39 is 0 Å². The molecule has 0 radical (unpaired) electrons. The lowest BCUT2D eigenvalue weighted by Gasteiger charge is -2.26. The maximum Gasteiger partial charge on any atom is 0.230 e. The van der Waals surface area contributed by atoms with Gasteiger partial charge >= 0.3 is 0 Å². The fraction of sp³-hybridized carbons (Fsp3) is 0.579. The van der Waals surface area contributed by atoms with E-state index in [1.165, 1.54) is 5.56 Å². The Bertz CT molecular complexity index is 696. The van der Waals surface area contributed by atoms with Crippen molar-refractivity contribution in [2.45, 2.75) is 38.3 Å². The number of piperidine rings is 1. The second kappa shape index (κ2) is 7.64. The summed E-state index contributed by atoms with van der Waals surface area (Å²) in [4.78, 5) is 7.10. The molecule has 3 heterocycles. The molecule has 0 aliphatic carbocycles. The molecule has 2 aliphatic rings. The molecule has 0 saturated carbocycles. The minimum absolute atomic E-state index is 0.369. The van der Waals surface area contributed by atoms with Crippen molar-refractivity contribution in [1.82, 2.24) is 20.4 Å². The minimum atomic E-state index is 0.369. The van der Waals surface area contributed by atoms with Gasteiger partial charge in [0.2, 0.25) is 11.7 Å². The van der Waals surface area contributed by atoms with Crippen molar-refractivity contribution < 1.29 is 9.26 Å². The van der Waals surface area contributed by atoms with Crippen LogP contribution in [0, 0.1) is 0 Å².